The lowest BCUT2D eigenvalue weighted by Gasteiger charge is -2.37. The maximum atomic E-state index is 15.0. The van der Waals surface area contributed by atoms with Gasteiger partial charge >= 0.3 is 6.18 Å². The average molecular weight is 492 g/mol. The predicted molar refractivity (Wildman–Crippen MR) is 122 cm³/mol. The van der Waals surface area contributed by atoms with E-state index in [1.165, 1.54) is 23.2 Å². The number of halogens is 5. The SMILES string of the molecule is O=C(Nc1cc(F)c(N2C3CCCC2CC3)c(F)c1)C1=CCN(c2ncccc2C(F)(F)F)CC1. The minimum Gasteiger partial charge on any atom is -0.361 e. The molecule has 0 radical (unpaired) electrons. The number of hydrogen-bond donors (Lipinski definition) is 1. The first-order valence-electron chi connectivity index (χ1n) is 11.8. The summed E-state index contributed by atoms with van der Waals surface area (Å²) < 4.78 is 69.9. The molecule has 2 unspecified atom stereocenters. The number of fused-ring (bicyclic) bond motifs is 2. The Balaban J connectivity index is 1.29. The molecule has 2 aromatic rings. The number of benzene rings is 1. The second-order valence-corrected chi connectivity index (χ2v) is 9.26. The Kier molecular flexibility index (Phi) is 6.14. The van der Waals surface area contributed by atoms with Gasteiger partial charge in [0.05, 0.1) is 5.56 Å². The van der Waals surface area contributed by atoms with Gasteiger partial charge in [0.2, 0.25) is 0 Å². The van der Waals surface area contributed by atoms with Crippen LogP contribution in [0.15, 0.2) is 42.1 Å². The molecule has 2 saturated heterocycles. The van der Waals surface area contributed by atoms with Crippen LogP contribution in [-0.4, -0.2) is 36.1 Å². The summed E-state index contributed by atoms with van der Waals surface area (Å²) in [5.41, 5.74) is -0.525. The Bertz CT molecular complexity index is 1130. The van der Waals surface area contributed by atoms with Gasteiger partial charge in [-0.25, -0.2) is 13.8 Å². The van der Waals surface area contributed by atoms with Crippen LogP contribution in [0.4, 0.5) is 39.1 Å². The van der Waals surface area contributed by atoms with Gasteiger partial charge in [-0.2, -0.15) is 13.2 Å². The van der Waals surface area contributed by atoms with Crippen LogP contribution >= 0.6 is 0 Å². The molecule has 0 aliphatic carbocycles. The maximum absolute atomic E-state index is 15.0. The summed E-state index contributed by atoms with van der Waals surface area (Å²) in [6, 6.07) is 4.74. The van der Waals surface area contributed by atoms with E-state index >= 15 is 0 Å². The minimum absolute atomic E-state index is 0.00511. The number of alkyl halides is 3. The molecule has 0 spiro atoms. The van der Waals surface area contributed by atoms with Gasteiger partial charge in [-0.3, -0.25) is 4.79 Å². The third-order valence-electron chi connectivity index (χ3n) is 7.12. The van der Waals surface area contributed by atoms with Crippen molar-refractivity contribution in [2.45, 2.75) is 56.8 Å². The van der Waals surface area contributed by atoms with E-state index in [0.717, 1.165) is 50.3 Å². The highest BCUT2D eigenvalue weighted by Crippen LogP contribution is 2.42. The second kappa shape index (κ2) is 9.13. The van der Waals surface area contributed by atoms with Gasteiger partial charge in [0.25, 0.3) is 5.91 Å². The molecule has 4 heterocycles. The van der Waals surface area contributed by atoms with Crippen molar-refractivity contribution in [3.8, 4) is 0 Å². The van der Waals surface area contributed by atoms with E-state index in [1.807, 2.05) is 4.90 Å². The Morgan fingerprint density at radius 3 is 2.34 bits per heavy atom. The van der Waals surface area contributed by atoms with E-state index < -0.39 is 29.3 Å². The Hall–Kier alpha value is -3.17. The molecule has 1 amide bonds. The van der Waals surface area contributed by atoms with E-state index in [9.17, 15) is 26.7 Å². The largest absolute Gasteiger partial charge is 0.419 e. The molecule has 3 aliphatic rings. The quantitative estimate of drug-likeness (QED) is 0.559. The lowest BCUT2D eigenvalue weighted by atomic mass is 10.0. The zero-order chi connectivity index (χ0) is 24.7. The normalized spacial score (nSPS) is 22.3. The Labute approximate surface area is 199 Å². The summed E-state index contributed by atoms with van der Waals surface area (Å²) >= 11 is 0. The number of amides is 1. The highest BCUT2D eigenvalue weighted by atomic mass is 19.4. The lowest BCUT2D eigenvalue weighted by Crippen LogP contribution is -2.40. The summed E-state index contributed by atoms with van der Waals surface area (Å²) in [5, 5.41) is 2.53. The molecule has 1 aromatic heterocycles. The highest BCUT2D eigenvalue weighted by molar-refractivity contribution is 6.04. The summed E-state index contributed by atoms with van der Waals surface area (Å²) in [6.45, 7) is 0.209. The van der Waals surface area contributed by atoms with Gasteiger partial charge in [0, 0.05) is 42.6 Å². The predicted octanol–water partition coefficient (Wildman–Crippen LogP) is 5.68. The van der Waals surface area contributed by atoms with Crippen molar-refractivity contribution in [2.24, 2.45) is 0 Å². The van der Waals surface area contributed by atoms with Gasteiger partial charge < -0.3 is 15.1 Å². The Morgan fingerprint density at radius 2 is 1.74 bits per heavy atom. The third-order valence-corrected chi connectivity index (χ3v) is 7.12. The second-order valence-electron chi connectivity index (χ2n) is 9.26. The van der Waals surface area contributed by atoms with Crippen LogP contribution < -0.4 is 15.1 Å². The fraction of sp³-hybridized carbons (Fsp3) is 0.440. The van der Waals surface area contributed by atoms with Crippen molar-refractivity contribution in [1.29, 1.82) is 0 Å². The summed E-state index contributed by atoms with van der Waals surface area (Å²) in [6.07, 6.45) is 3.18. The van der Waals surface area contributed by atoms with Gasteiger partial charge in [-0.1, -0.05) is 6.08 Å². The number of carbonyl (C=O) groups excluding carboxylic acids is 1. The molecule has 2 atom stereocenters. The van der Waals surface area contributed by atoms with Crippen LogP contribution in [0.3, 0.4) is 0 Å². The van der Waals surface area contributed by atoms with Gasteiger partial charge in [-0.05, 0) is 62.8 Å². The number of anilines is 3. The van der Waals surface area contributed by atoms with Crippen molar-refractivity contribution < 1.29 is 26.7 Å². The first kappa shape index (κ1) is 23.6. The van der Waals surface area contributed by atoms with Gasteiger partial charge in [0.1, 0.15) is 11.5 Å². The number of hydrogen-bond acceptors (Lipinski definition) is 4. The average Bonchev–Trinajstić information content (AvgIpc) is 3.05. The fourth-order valence-electron chi connectivity index (χ4n) is 5.52. The van der Waals surface area contributed by atoms with Crippen LogP contribution in [0.1, 0.15) is 44.1 Å². The number of nitrogens with one attached hydrogen (secondary N) is 1. The molecule has 3 aliphatic heterocycles. The summed E-state index contributed by atoms with van der Waals surface area (Å²) in [7, 11) is 0. The molecule has 5 nitrogen and oxygen atoms in total. The van der Waals surface area contributed by atoms with Crippen molar-refractivity contribution in [1.82, 2.24) is 4.98 Å². The molecule has 5 rings (SSSR count). The monoisotopic (exact) mass is 492 g/mol. The first-order chi connectivity index (χ1) is 16.7. The molecule has 0 saturated carbocycles. The van der Waals surface area contributed by atoms with Crippen LogP contribution in [0, 0.1) is 11.6 Å². The molecule has 1 N–H and O–H groups in total. The van der Waals surface area contributed by atoms with Gasteiger partial charge in [0.15, 0.2) is 11.6 Å². The molecule has 2 bridgehead atoms. The maximum Gasteiger partial charge on any atom is 0.419 e. The highest BCUT2D eigenvalue weighted by Gasteiger charge is 2.39. The van der Waals surface area contributed by atoms with E-state index in [2.05, 4.69) is 10.3 Å². The standard InChI is InChI=1S/C25H25F5N4O/c26-20-13-16(14-21(27)22(20)34-17-3-1-4-18(34)7-6-17)32-24(35)15-8-11-33(12-9-15)23-19(25(28,29)30)5-2-10-31-23/h2,5,8,10,13-14,17-18H,1,3-4,6-7,9,11-12H2,(H,32,35). The van der Waals surface area contributed by atoms with Crippen molar-refractivity contribution in [3.63, 3.8) is 0 Å². The number of nitrogens with zero attached hydrogens (tertiary/aromatic N) is 3. The van der Waals surface area contributed by atoms with Crippen molar-refractivity contribution >= 4 is 23.1 Å². The zero-order valence-electron chi connectivity index (χ0n) is 18.9. The third kappa shape index (κ3) is 4.58. The number of aromatic nitrogens is 1. The minimum atomic E-state index is -4.54. The van der Waals surface area contributed by atoms with E-state index in [1.54, 1.807) is 0 Å². The van der Waals surface area contributed by atoms with Crippen molar-refractivity contribution in [2.75, 3.05) is 28.2 Å². The zero-order valence-corrected chi connectivity index (χ0v) is 18.9. The number of piperidine rings is 1. The molecule has 186 valence electrons. The number of pyridine rings is 1. The number of rotatable bonds is 4. The molecule has 10 heteroatoms. The van der Waals surface area contributed by atoms with Crippen LogP contribution in [0.25, 0.3) is 0 Å². The van der Waals surface area contributed by atoms with E-state index in [4.69, 9.17) is 0 Å². The van der Waals surface area contributed by atoms with E-state index in [-0.39, 0.29) is 48.8 Å². The van der Waals surface area contributed by atoms with Gasteiger partial charge in [-0.15, -0.1) is 0 Å². The van der Waals surface area contributed by atoms with Crippen molar-refractivity contribution in [3.05, 3.63) is 59.3 Å². The molecular formula is C25H25F5N4O. The van der Waals surface area contributed by atoms with Crippen LogP contribution in [-0.2, 0) is 11.0 Å². The summed E-state index contributed by atoms with van der Waals surface area (Å²) in [4.78, 5) is 19.9. The Morgan fingerprint density at radius 1 is 1.06 bits per heavy atom. The first-order valence-corrected chi connectivity index (χ1v) is 11.8. The fourth-order valence-corrected chi connectivity index (χ4v) is 5.52. The molecular weight excluding hydrogens is 467 g/mol. The molecule has 1 aromatic carbocycles. The molecule has 2 fully saturated rings. The lowest BCUT2D eigenvalue weighted by molar-refractivity contribution is -0.137. The van der Waals surface area contributed by atoms with Crippen LogP contribution in [0.2, 0.25) is 0 Å². The molecule has 35 heavy (non-hydrogen) atoms. The van der Waals surface area contributed by atoms with Crippen LogP contribution in [0.5, 0.6) is 0 Å². The number of carbonyl (C=O) groups is 1. The topological polar surface area (TPSA) is 48.5 Å². The summed E-state index contributed by atoms with van der Waals surface area (Å²) in [5.74, 6) is -2.15. The smallest absolute Gasteiger partial charge is 0.361 e. The van der Waals surface area contributed by atoms with E-state index in [0.29, 0.717) is 5.57 Å².